The predicted molar refractivity (Wildman–Crippen MR) is 167 cm³/mol. The van der Waals surface area contributed by atoms with Crippen LogP contribution in [0.3, 0.4) is 0 Å². The Hall–Kier alpha value is -3.94. The van der Waals surface area contributed by atoms with Crippen LogP contribution >= 0.6 is 0 Å². The topological polar surface area (TPSA) is 189 Å². The number of nitrogens with two attached hydrogens (primary N) is 3. The number of nitrogens with zero attached hydrogens (tertiary/aromatic N) is 5. The fourth-order valence-corrected chi connectivity index (χ4v) is 5.40. The first-order chi connectivity index (χ1) is 20.0. The number of anilines is 3. The van der Waals surface area contributed by atoms with Crippen molar-refractivity contribution in [3.8, 4) is 0 Å². The van der Waals surface area contributed by atoms with Gasteiger partial charge in [0.2, 0.25) is 0 Å². The van der Waals surface area contributed by atoms with E-state index < -0.39 is 16.7 Å². The molecule has 2 aromatic rings. The van der Waals surface area contributed by atoms with E-state index in [1.807, 2.05) is 6.07 Å². The van der Waals surface area contributed by atoms with Crippen molar-refractivity contribution in [3.05, 3.63) is 57.6 Å². The molecule has 0 saturated carbocycles. The van der Waals surface area contributed by atoms with Crippen LogP contribution in [-0.4, -0.2) is 103 Å². The minimum atomic E-state index is -0.775. The number of nitrogen functional groups attached to an aromatic ring is 1. The van der Waals surface area contributed by atoms with Gasteiger partial charge in [-0.15, -0.1) is 0 Å². The Morgan fingerprint density at radius 2 is 1.26 bits per heavy atom. The van der Waals surface area contributed by atoms with Crippen LogP contribution in [0.1, 0.15) is 48.4 Å². The highest BCUT2D eigenvalue weighted by atomic mass is 16.6. The summed E-state index contributed by atoms with van der Waals surface area (Å²) in [6.45, 7) is 16.4. The van der Waals surface area contributed by atoms with E-state index in [0.717, 1.165) is 70.8 Å². The number of hydrogen-bond donors (Lipinski definition) is 4. The van der Waals surface area contributed by atoms with Crippen LogP contribution in [0.15, 0.2) is 36.4 Å². The van der Waals surface area contributed by atoms with Crippen molar-refractivity contribution in [2.45, 2.75) is 39.8 Å². The highest BCUT2D eigenvalue weighted by Gasteiger charge is 2.26. The number of rotatable bonds is 7. The van der Waals surface area contributed by atoms with Crippen molar-refractivity contribution in [1.82, 2.24) is 9.80 Å². The van der Waals surface area contributed by atoms with Crippen LogP contribution in [-0.2, 0) is 0 Å². The maximum Gasteiger partial charge on any atom is 0.282 e. The normalized spacial score (nSPS) is 19.2. The molecule has 13 heteroatoms. The van der Waals surface area contributed by atoms with Gasteiger partial charge < -0.3 is 32.1 Å². The van der Waals surface area contributed by atoms with Crippen LogP contribution in [0.4, 0.5) is 22.7 Å². The maximum absolute atomic E-state index is 11.4. The molecule has 42 heavy (non-hydrogen) atoms. The Bertz CT molecular complexity index is 1230. The van der Waals surface area contributed by atoms with E-state index in [9.17, 15) is 19.7 Å². The van der Waals surface area contributed by atoms with E-state index in [4.69, 9.17) is 22.3 Å². The summed E-state index contributed by atoms with van der Waals surface area (Å²) in [6, 6.07) is 10.8. The van der Waals surface area contributed by atoms with Gasteiger partial charge in [0.15, 0.2) is 0 Å². The van der Waals surface area contributed by atoms with E-state index in [-0.39, 0.29) is 17.3 Å². The number of nitro benzene ring substituents is 1. The number of aliphatic hydroxyl groups excluding tert-OH is 1. The van der Waals surface area contributed by atoms with Crippen molar-refractivity contribution in [2.24, 2.45) is 11.5 Å². The third kappa shape index (κ3) is 8.54. The van der Waals surface area contributed by atoms with Crippen molar-refractivity contribution >= 4 is 34.6 Å². The van der Waals surface area contributed by atoms with Crippen molar-refractivity contribution < 1.29 is 19.6 Å². The first kappa shape index (κ1) is 34.3. The molecule has 0 bridgehead atoms. The SMILES string of the molecule is CCN1CCN(c2ccc(N)c(C(N)=O)c2)[C@H](C)C1.CCN1CCN(c2ccc([N+](=O)[O-])c(C(N)=O)c2)[C@H](C)C1.CO. The molecule has 232 valence electrons. The molecule has 2 aliphatic rings. The van der Waals surface area contributed by atoms with Gasteiger partial charge in [-0.1, -0.05) is 13.8 Å². The average molecular weight is 587 g/mol. The highest BCUT2D eigenvalue weighted by molar-refractivity contribution is 5.99. The average Bonchev–Trinajstić information content (AvgIpc) is 2.98. The number of amides is 2. The minimum absolute atomic E-state index is 0.0392. The summed E-state index contributed by atoms with van der Waals surface area (Å²) in [4.78, 5) is 42.4. The summed E-state index contributed by atoms with van der Waals surface area (Å²) in [7, 11) is 1.00. The van der Waals surface area contributed by atoms with Crippen LogP contribution in [0.5, 0.6) is 0 Å². The van der Waals surface area contributed by atoms with Crippen molar-refractivity contribution in [1.29, 1.82) is 0 Å². The van der Waals surface area contributed by atoms with Crippen LogP contribution in [0.2, 0.25) is 0 Å². The molecule has 2 amide bonds. The lowest BCUT2D eigenvalue weighted by Crippen LogP contribution is -2.51. The molecule has 2 aromatic carbocycles. The van der Waals surface area contributed by atoms with Gasteiger partial charge in [0.1, 0.15) is 5.56 Å². The second kappa shape index (κ2) is 15.9. The number of primary amides is 2. The zero-order valence-electron chi connectivity index (χ0n) is 25.3. The molecular formula is C29H46N8O5. The molecule has 13 nitrogen and oxygen atoms in total. The van der Waals surface area contributed by atoms with Gasteiger partial charge in [-0.3, -0.25) is 29.5 Å². The highest BCUT2D eigenvalue weighted by Crippen LogP contribution is 2.28. The van der Waals surface area contributed by atoms with Gasteiger partial charge in [-0.05, 0) is 57.3 Å². The Morgan fingerprint density at radius 3 is 1.64 bits per heavy atom. The van der Waals surface area contributed by atoms with E-state index in [2.05, 4.69) is 47.3 Å². The number of hydrogen-bond acceptors (Lipinski definition) is 10. The number of carbonyl (C=O) groups is 2. The second-order valence-electron chi connectivity index (χ2n) is 10.3. The number of nitro groups is 1. The smallest absolute Gasteiger partial charge is 0.282 e. The Morgan fingerprint density at radius 1 is 0.833 bits per heavy atom. The van der Waals surface area contributed by atoms with Crippen molar-refractivity contribution in [3.63, 3.8) is 0 Å². The summed E-state index contributed by atoms with van der Waals surface area (Å²) in [5.41, 5.74) is 18.8. The fourth-order valence-electron chi connectivity index (χ4n) is 5.40. The minimum Gasteiger partial charge on any atom is -0.400 e. The lowest BCUT2D eigenvalue weighted by atomic mass is 10.1. The largest absolute Gasteiger partial charge is 0.400 e. The van der Waals surface area contributed by atoms with Crippen LogP contribution in [0.25, 0.3) is 0 Å². The molecule has 2 heterocycles. The fraction of sp³-hybridized carbons (Fsp3) is 0.517. The molecular weight excluding hydrogens is 540 g/mol. The third-order valence-corrected chi connectivity index (χ3v) is 7.73. The zero-order chi connectivity index (χ0) is 31.6. The monoisotopic (exact) mass is 586 g/mol. The van der Waals surface area contributed by atoms with Crippen molar-refractivity contribution in [2.75, 3.05) is 75.0 Å². The second-order valence-corrected chi connectivity index (χ2v) is 10.3. The molecule has 2 atom stereocenters. The van der Waals surface area contributed by atoms with Gasteiger partial charge in [0.05, 0.1) is 10.5 Å². The maximum atomic E-state index is 11.4. The Labute approximate surface area is 248 Å². The summed E-state index contributed by atoms with van der Waals surface area (Å²) in [5, 5.41) is 17.9. The van der Waals surface area contributed by atoms with Gasteiger partial charge in [-0.25, -0.2) is 0 Å². The number of carbonyl (C=O) groups excluding carboxylic acids is 2. The first-order valence-electron chi connectivity index (χ1n) is 14.2. The van der Waals surface area contributed by atoms with Gasteiger partial charge in [0.25, 0.3) is 17.5 Å². The van der Waals surface area contributed by atoms with E-state index in [1.165, 1.54) is 12.1 Å². The lowest BCUT2D eigenvalue weighted by molar-refractivity contribution is -0.385. The molecule has 0 radical (unpaired) electrons. The first-order valence-corrected chi connectivity index (χ1v) is 14.2. The predicted octanol–water partition coefficient (Wildman–Crippen LogP) is 1.73. The molecule has 7 N–H and O–H groups in total. The standard InChI is InChI=1S/C14H20N4O3.C14H22N4O.CH4O/c1-3-16-6-7-17(10(2)9-16)11-4-5-13(18(20)21)12(8-11)14(15)19;1-3-17-6-7-18(10(2)9-17)11-4-5-13(15)12(8-11)14(16)19;1-2/h4-5,8,10H,3,6-7,9H2,1-2H3,(H2,15,19);4-5,8,10H,3,6-7,9,15H2,1-2H3,(H2,16,19);2H,1H3/t2*10-;/m11./s1. The third-order valence-electron chi connectivity index (χ3n) is 7.73. The number of benzene rings is 2. The zero-order valence-corrected chi connectivity index (χ0v) is 25.3. The number of likely N-dealkylation sites (N-methyl/N-ethyl adjacent to an activating group) is 2. The summed E-state index contributed by atoms with van der Waals surface area (Å²) in [5.74, 6) is -1.25. The molecule has 0 aliphatic carbocycles. The van der Waals surface area contributed by atoms with E-state index in [1.54, 1.807) is 18.2 Å². The molecule has 4 rings (SSSR count). The lowest BCUT2D eigenvalue weighted by Gasteiger charge is -2.41. The quantitative estimate of drug-likeness (QED) is 0.211. The molecule has 0 aromatic heterocycles. The molecule has 0 unspecified atom stereocenters. The molecule has 2 aliphatic heterocycles. The van der Waals surface area contributed by atoms with Gasteiger partial charge in [0, 0.05) is 81.6 Å². The van der Waals surface area contributed by atoms with Gasteiger partial charge >= 0.3 is 0 Å². The van der Waals surface area contributed by atoms with E-state index in [0.29, 0.717) is 17.3 Å². The van der Waals surface area contributed by atoms with Gasteiger partial charge in [-0.2, -0.15) is 0 Å². The van der Waals surface area contributed by atoms with Crippen LogP contribution in [0, 0.1) is 10.1 Å². The van der Waals surface area contributed by atoms with E-state index >= 15 is 0 Å². The molecule has 2 saturated heterocycles. The number of aliphatic hydroxyl groups is 1. The summed E-state index contributed by atoms with van der Waals surface area (Å²) < 4.78 is 0. The number of piperazine rings is 2. The van der Waals surface area contributed by atoms with Crippen LogP contribution < -0.4 is 27.0 Å². The summed E-state index contributed by atoms with van der Waals surface area (Å²) >= 11 is 0. The Balaban J connectivity index is 0.000000278. The molecule has 2 fully saturated rings. The summed E-state index contributed by atoms with van der Waals surface area (Å²) in [6.07, 6.45) is 0. The Kier molecular flexibility index (Phi) is 13.0. The molecule has 0 spiro atoms.